The number of carbonyl (C=O) groups is 1. The first kappa shape index (κ1) is 21.9. The summed E-state index contributed by atoms with van der Waals surface area (Å²) in [5.74, 6) is -0.0852. The molecule has 3 N–H and O–H groups in total. The van der Waals surface area contributed by atoms with E-state index in [0.29, 0.717) is 18.7 Å². The fourth-order valence-corrected chi connectivity index (χ4v) is 5.01. The van der Waals surface area contributed by atoms with Gasteiger partial charge in [0.15, 0.2) is 0 Å². The van der Waals surface area contributed by atoms with Crippen molar-refractivity contribution in [3.63, 3.8) is 0 Å². The van der Waals surface area contributed by atoms with Crippen molar-refractivity contribution in [1.29, 1.82) is 0 Å². The largest absolute Gasteiger partial charge is 0.330 e. The van der Waals surface area contributed by atoms with Crippen LogP contribution in [-0.4, -0.2) is 38.3 Å². The summed E-state index contributed by atoms with van der Waals surface area (Å²) in [4.78, 5) is 12.3. The molecule has 1 aliphatic carbocycles. The summed E-state index contributed by atoms with van der Waals surface area (Å²) in [6, 6.07) is 6.62. The highest BCUT2D eigenvalue weighted by atomic mass is 32.2. The highest BCUT2D eigenvalue weighted by molar-refractivity contribution is 7.89. The maximum Gasteiger partial charge on any atom is 0.243 e. The van der Waals surface area contributed by atoms with Crippen LogP contribution in [0.4, 0.5) is 5.69 Å². The zero-order valence-electron chi connectivity index (χ0n) is 16.3. The first-order valence-corrected chi connectivity index (χ1v) is 11.5. The first-order valence-electron chi connectivity index (χ1n) is 10.0. The van der Waals surface area contributed by atoms with E-state index in [9.17, 15) is 13.2 Å². The summed E-state index contributed by atoms with van der Waals surface area (Å²) in [6.45, 7) is 0.683. The van der Waals surface area contributed by atoms with Crippen molar-refractivity contribution in [2.75, 3.05) is 18.9 Å². The van der Waals surface area contributed by atoms with Gasteiger partial charge in [0.2, 0.25) is 15.9 Å². The van der Waals surface area contributed by atoms with Crippen molar-refractivity contribution < 1.29 is 13.2 Å². The molecule has 0 spiro atoms. The summed E-state index contributed by atoms with van der Waals surface area (Å²) in [6.07, 6.45) is 9.40. The van der Waals surface area contributed by atoms with Crippen molar-refractivity contribution in [3.8, 4) is 0 Å². The smallest absolute Gasteiger partial charge is 0.243 e. The minimum atomic E-state index is -3.55. The van der Waals surface area contributed by atoms with Crippen LogP contribution in [0.5, 0.6) is 0 Å². The number of nitrogens with two attached hydrogens (primary N) is 1. The zero-order valence-corrected chi connectivity index (χ0v) is 17.1. The number of unbranched alkanes of at least 4 members (excludes halogenated alkanes) is 3. The predicted molar refractivity (Wildman–Crippen MR) is 109 cm³/mol. The van der Waals surface area contributed by atoms with Crippen molar-refractivity contribution in [2.45, 2.75) is 75.1 Å². The van der Waals surface area contributed by atoms with Gasteiger partial charge in [0, 0.05) is 25.2 Å². The van der Waals surface area contributed by atoms with Crippen LogP contribution < -0.4 is 11.1 Å². The van der Waals surface area contributed by atoms with Crippen LogP contribution in [-0.2, 0) is 14.8 Å². The second kappa shape index (κ2) is 10.8. The zero-order chi connectivity index (χ0) is 19.7. The number of nitrogens with zero attached hydrogens (tertiary/aromatic N) is 1. The summed E-state index contributed by atoms with van der Waals surface area (Å²) in [7, 11) is -1.89. The number of carbonyl (C=O) groups excluding carboxylic acids is 1. The van der Waals surface area contributed by atoms with Gasteiger partial charge in [-0.2, -0.15) is 4.31 Å². The maximum atomic E-state index is 12.9. The molecule has 1 saturated carbocycles. The Bertz CT molecular complexity index is 700. The summed E-state index contributed by atoms with van der Waals surface area (Å²) in [5.41, 5.74) is 5.99. The van der Waals surface area contributed by atoms with Crippen LogP contribution in [0.25, 0.3) is 0 Å². The number of hydrogen-bond acceptors (Lipinski definition) is 4. The number of sulfonamides is 1. The van der Waals surface area contributed by atoms with E-state index in [2.05, 4.69) is 5.32 Å². The van der Waals surface area contributed by atoms with E-state index in [1.165, 1.54) is 10.7 Å². The molecule has 0 heterocycles. The molecule has 2 rings (SSSR count). The van der Waals surface area contributed by atoms with Gasteiger partial charge in [0.25, 0.3) is 0 Å². The lowest BCUT2D eigenvalue weighted by Gasteiger charge is -2.30. The Morgan fingerprint density at radius 2 is 1.85 bits per heavy atom. The molecule has 7 heteroatoms. The van der Waals surface area contributed by atoms with Gasteiger partial charge in [-0.25, -0.2) is 8.42 Å². The molecule has 1 amide bonds. The Morgan fingerprint density at radius 3 is 2.56 bits per heavy atom. The molecule has 27 heavy (non-hydrogen) atoms. The monoisotopic (exact) mass is 395 g/mol. The lowest BCUT2D eigenvalue weighted by atomic mass is 9.96. The molecule has 0 saturated heterocycles. The molecule has 0 aromatic heterocycles. The van der Waals surface area contributed by atoms with E-state index >= 15 is 0 Å². The van der Waals surface area contributed by atoms with E-state index < -0.39 is 10.0 Å². The van der Waals surface area contributed by atoms with Gasteiger partial charge >= 0.3 is 0 Å². The quantitative estimate of drug-likeness (QED) is 0.593. The highest BCUT2D eigenvalue weighted by Crippen LogP contribution is 2.27. The minimum Gasteiger partial charge on any atom is -0.330 e. The van der Waals surface area contributed by atoms with Gasteiger partial charge in [0.1, 0.15) is 0 Å². The van der Waals surface area contributed by atoms with E-state index in [-0.39, 0.29) is 16.8 Å². The topological polar surface area (TPSA) is 92.5 Å². The molecule has 1 fully saturated rings. The Morgan fingerprint density at radius 1 is 1.15 bits per heavy atom. The Labute approximate surface area is 163 Å². The Balaban J connectivity index is 1.96. The van der Waals surface area contributed by atoms with Gasteiger partial charge < -0.3 is 11.1 Å². The fourth-order valence-electron chi connectivity index (χ4n) is 3.55. The van der Waals surface area contributed by atoms with Crippen LogP contribution in [0.1, 0.15) is 64.2 Å². The standard InChI is InChI=1S/C20H33N3O3S/c1-23(18-11-5-4-6-12-18)27(25,26)19-13-9-10-17(16-19)22-20(24)14-7-2-3-8-15-21/h9-10,13,16,18H,2-8,11-12,14-15,21H2,1H3,(H,22,24). The second-order valence-electron chi connectivity index (χ2n) is 7.34. The molecule has 6 nitrogen and oxygen atoms in total. The second-order valence-corrected chi connectivity index (χ2v) is 9.34. The highest BCUT2D eigenvalue weighted by Gasteiger charge is 2.29. The molecule has 1 aromatic rings. The molecule has 152 valence electrons. The fraction of sp³-hybridized carbons (Fsp3) is 0.650. The molecule has 1 aliphatic rings. The number of anilines is 1. The van der Waals surface area contributed by atoms with E-state index in [1.54, 1.807) is 31.3 Å². The molecular formula is C20H33N3O3S. The lowest BCUT2D eigenvalue weighted by Crippen LogP contribution is -2.38. The van der Waals surface area contributed by atoms with Crippen molar-refractivity contribution in [3.05, 3.63) is 24.3 Å². The average molecular weight is 396 g/mol. The molecule has 0 bridgehead atoms. The van der Waals surface area contributed by atoms with E-state index in [1.807, 2.05) is 0 Å². The first-order chi connectivity index (χ1) is 12.9. The third-order valence-corrected chi connectivity index (χ3v) is 7.15. The number of rotatable bonds is 10. The number of benzene rings is 1. The summed E-state index contributed by atoms with van der Waals surface area (Å²) >= 11 is 0. The third-order valence-electron chi connectivity index (χ3n) is 5.24. The van der Waals surface area contributed by atoms with Gasteiger partial charge in [-0.3, -0.25) is 4.79 Å². The van der Waals surface area contributed by atoms with E-state index in [0.717, 1.165) is 51.4 Å². The van der Waals surface area contributed by atoms with Crippen LogP contribution in [0, 0.1) is 0 Å². The Kier molecular flexibility index (Phi) is 8.73. The van der Waals surface area contributed by atoms with Gasteiger partial charge in [-0.05, 0) is 50.4 Å². The van der Waals surface area contributed by atoms with E-state index in [4.69, 9.17) is 5.73 Å². The van der Waals surface area contributed by atoms with Crippen molar-refractivity contribution >= 4 is 21.6 Å². The number of hydrogen-bond donors (Lipinski definition) is 2. The van der Waals surface area contributed by atoms with Gasteiger partial charge in [-0.15, -0.1) is 0 Å². The third kappa shape index (κ3) is 6.59. The van der Waals surface area contributed by atoms with Crippen molar-refractivity contribution in [2.24, 2.45) is 5.73 Å². The van der Waals surface area contributed by atoms with Crippen LogP contribution in [0.2, 0.25) is 0 Å². The van der Waals surface area contributed by atoms with Crippen LogP contribution in [0.3, 0.4) is 0 Å². The number of amides is 1. The predicted octanol–water partition coefficient (Wildman–Crippen LogP) is 3.49. The number of nitrogens with one attached hydrogen (secondary N) is 1. The van der Waals surface area contributed by atoms with Crippen molar-refractivity contribution in [1.82, 2.24) is 4.31 Å². The molecule has 1 aromatic carbocycles. The van der Waals surface area contributed by atoms with Gasteiger partial charge in [0.05, 0.1) is 4.90 Å². The maximum absolute atomic E-state index is 12.9. The summed E-state index contributed by atoms with van der Waals surface area (Å²) < 4.78 is 27.4. The normalized spacial score (nSPS) is 15.8. The van der Waals surface area contributed by atoms with Gasteiger partial charge in [-0.1, -0.05) is 38.2 Å². The molecule has 0 radical (unpaired) electrons. The average Bonchev–Trinajstić information content (AvgIpc) is 2.68. The molecule has 0 atom stereocenters. The SMILES string of the molecule is CN(C1CCCCC1)S(=O)(=O)c1cccc(NC(=O)CCCCCCN)c1. The molecule has 0 unspecified atom stereocenters. The minimum absolute atomic E-state index is 0.0653. The van der Waals surface area contributed by atoms with Crippen LogP contribution >= 0.6 is 0 Å². The molecule has 0 aliphatic heterocycles. The van der Waals surface area contributed by atoms with Crippen LogP contribution in [0.15, 0.2) is 29.2 Å². The Hall–Kier alpha value is -1.44. The molecular weight excluding hydrogens is 362 g/mol. The lowest BCUT2D eigenvalue weighted by molar-refractivity contribution is -0.116. The summed E-state index contributed by atoms with van der Waals surface area (Å²) in [5, 5.41) is 2.82.